The molecule has 32 heavy (non-hydrogen) atoms. The number of amides is 2. The number of imidazole rings is 1. The Morgan fingerprint density at radius 2 is 1.97 bits per heavy atom. The van der Waals surface area contributed by atoms with Crippen LogP contribution in [0.15, 0.2) is 43.0 Å². The molecule has 6 N–H and O–H groups in total. The van der Waals surface area contributed by atoms with Crippen LogP contribution in [0, 0.1) is 0 Å². The smallest absolute Gasteiger partial charge is 0.315 e. The van der Waals surface area contributed by atoms with E-state index >= 15 is 0 Å². The van der Waals surface area contributed by atoms with Crippen molar-refractivity contribution in [2.75, 3.05) is 23.8 Å². The highest BCUT2D eigenvalue weighted by atomic mass is 32.2. The summed E-state index contributed by atoms with van der Waals surface area (Å²) in [6.07, 6.45) is -0.851. The largest absolute Gasteiger partial charge is 0.387 e. The van der Waals surface area contributed by atoms with Crippen molar-refractivity contribution < 1.29 is 19.7 Å². The number of nitrogens with zero attached hydrogens (tertiary/aromatic N) is 4. The molecule has 1 saturated heterocycles. The number of hydrogen-bond donors (Lipinski definition) is 5. The molecule has 0 aliphatic carbocycles. The molecule has 0 saturated carbocycles. The second kappa shape index (κ2) is 10.1. The van der Waals surface area contributed by atoms with E-state index < -0.39 is 24.5 Å². The topological polar surface area (TPSA) is 160 Å². The summed E-state index contributed by atoms with van der Waals surface area (Å²) in [6.45, 7) is 0.920. The standard InChI is InChI=1S/C20H25N7O4S/c21-17-14-18(25-10-24-17)27(11-26-14)19-16(29)15(28)13(31-19)9-32-7-6-22-20(30)23-8-12-4-2-1-3-5-12/h1-5,10-11,13,15-16,19,28-29H,6-9H2,(H2,21,24,25)(H2,22,23,30)/t13-,15-,16-,19-/m1/s1. The number of aliphatic hydroxyl groups is 2. The van der Waals surface area contributed by atoms with Crippen LogP contribution in [0.25, 0.3) is 11.2 Å². The highest BCUT2D eigenvalue weighted by Crippen LogP contribution is 2.33. The number of thioether (sulfide) groups is 1. The van der Waals surface area contributed by atoms with Gasteiger partial charge in [-0.15, -0.1) is 0 Å². The molecule has 170 valence electrons. The molecule has 1 fully saturated rings. The number of aliphatic hydroxyl groups excluding tert-OH is 2. The van der Waals surface area contributed by atoms with Crippen LogP contribution in [0.3, 0.4) is 0 Å². The van der Waals surface area contributed by atoms with Crippen molar-refractivity contribution in [3.05, 3.63) is 48.5 Å². The summed E-state index contributed by atoms with van der Waals surface area (Å²) in [7, 11) is 0. The average Bonchev–Trinajstić information content (AvgIpc) is 3.35. The molecule has 0 spiro atoms. The van der Waals surface area contributed by atoms with E-state index in [1.54, 1.807) is 4.57 Å². The maximum absolute atomic E-state index is 11.9. The molecule has 11 nitrogen and oxygen atoms in total. The molecule has 4 rings (SSSR count). The fourth-order valence-corrected chi connectivity index (χ4v) is 4.35. The van der Waals surface area contributed by atoms with E-state index in [2.05, 4.69) is 25.6 Å². The second-order valence-electron chi connectivity index (χ2n) is 7.30. The molecule has 1 aliphatic heterocycles. The number of carbonyl (C=O) groups excluding carboxylic acids is 1. The number of hydrogen-bond acceptors (Lipinski definition) is 9. The van der Waals surface area contributed by atoms with Gasteiger partial charge in [0.1, 0.15) is 24.1 Å². The van der Waals surface area contributed by atoms with Crippen molar-refractivity contribution in [2.24, 2.45) is 0 Å². The summed E-state index contributed by atoms with van der Waals surface area (Å²) >= 11 is 1.51. The fourth-order valence-electron chi connectivity index (χ4n) is 3.43. The van der Waals surface area contributed by atoms with E-state index in [-0.39, 0.29) is 11.8 Å². The zero-order valence-corrected chi connectivity index (χ0v) is 18.0. The van der Waals surface area contributed by atoms with Gasteiger partial charge in [-0.3, -0.25) is 4.57 Å². The number of ether oxygens (including phenoxy) is 1. The highest BCUT2D eigenvalue weighted by molar-refractivity contribution is 7.99. The normalized spacial score (nSPS) is 22.8. The quantitative estimate of drug-likeness (QED) is 0.298. The Balaban J connectivity index is 1.21. The fraction of sp³-hybridized carbons (Fsp3) is 0.400. The lowest BCUT2D eigenvalue weighted by Crippen LogP contribution is -2.36. The van der Waals surface area contributed by atoms with E-state index in [9.17, 15) is 15.0 Å². The third-order valence-electron chi connectivity index (χ3n) is 5.11. The van der Waals surface area contributed by atoms with Gasteiger partial charge in [-0.05, 0) is 5.56 Å². The Hall–Kier alpha value is -2.93. The summed E-state index contributed by atoms with van der Waals surface area (Å²) in [4.78, 5) is 24.1. The van der Waals surface area contributed by atoms with E-state index in [0.29, 0.717) is 35.8 Å². The van der Waals surface area contributed by atoms with Crippen molar-refractivity contribution in [1.82, 2.24) is 30.2 Å². The molecular formula is C20H25N7O4S. The van der Waals surface area contributed by atoms with Gasteiger partial charge < -0.3 is 31.3 Å². The van der Waals surface area contributed by atoms with Gasteiger partial charge in [0.25, 0.3) is 0 Å². The molecule has 0 unspecified atom stereocenters. The van der Waals surface area contributed by atoms with E-state index in [1.165, 1.54) is 24.4 Å². The van der Waals surface area contributed by atoms with Gasteiger partial charge in [0, 0.05) is 24.6 Å². The lowest BCUT2D eigenvalue weighted by Gasteiger charge is -2.16. The van der Waals surface area contributed by atoms with Crippen LogP contribution in [0.5, 0.6) is 0 Å². The number of nitrogens with two attached hydrogens (primary N) is 1. The van der Waals surface area contributed by atoms with Gasteiger partial charge >= 0.3 is 6.03 Å². The van der Waals surface area contributed by atoms with Crippen LogP contribution in [0.1, 0.15) is 11.8 Å². The Bertz CT molecular complexity index is 1050. The molecule has 0 bridgehead atoms. The number of aromatic nitrogens is 4. The van der Waals surface area contributed by atoms with Crippen molar-refractivity contribution in [1.29, 1.82) is 0 Å². The van der Waals surface area contributed by atoms with Crippen LogP contribution in [0.2, 0.25) is 0 Å². The van der Waals surface area contributed by atoms with Crippen LogP contribution in [-0.4, -0.2) is 72.1 Å². The molecule has 12 heteroatoms. The lowest BCUT2D eigenvalue weighted by molar-refractivity contribution is -0.0289. The van der Waals surface area contributed by atoms with Gasteiger partial charge in [-0.2, -0.15) is 11.8 Å². The minimum Gasteiger partial charge on any atom is -0.387 e. The molecule has 4 atom stereocenters. The number of benzene rings is 1. The summed E-state index contributed by atoms with van der Waals surface area (Å²) in [5, 5.41) is 26.5. The molecule has 3 aromatic rings. The summed E-state index contributed by atoms with van der Waals surface area (Å²) < 4.78 is 7.44. The minimum atomic E-state index is -1.14. The first-order valence-electron chi connectivity index (χ1n) is 10.1. The maximum atomic E-state index is 11.9. The van der Waals surface area contributed by atoms with Crippen molar-refractivity contribution in [2.45, 2.75) is 31.1 Å². The van der Waals surface area contributed by atoms with E-state index in [1.807, 2.05) is 30.3 Å². The zero-order chi connectivity index (χ0) is 22.5. The summed E-state index contributed by atoms with van der Waals surface area (Å²) in [5.74, 6) is 1.31. The Morgan fingerprint density at radius 3 is 2.78 bits per heavy atom. The van der Waals surface area contributed by atoms with Crippen molar-refractivity contribution in [3.63, 3.8) is 0 Å². The van der Waals surface area contributed by atoms with Gasteiger partial charge in [0.15, 0.2) is 17.7 Å². The van der Waals surface area contributed by atoms with Gasteiger partial charge in [-0.25, -0.2) is 19.7 Å². The Labute approximate surface area is 188 Å². The van der Waals surface area contributed by atoms with Crippen molar-refractivity contribution >= 4 is 34.8 Å². The molecular weight excluding hydrogens is 434 g/mol. The number of rotatable bonds is 8. The molecule has 0 radical (unpaired) electrons. The number of fused-ring (bicyclic) bond motifs is 1. The van der Waals surface area contributed by atoms with E-state index in [0.717, 1.165) is 5.56 Å². The van der Waals surface area contributed by atoms with E-state index in [4.69, 9.17) is 10.5 Å². The van der Waals surface area contributed by atoms with Gasteiger partial charge in [0.2, 0.25) is 0 Å². The van der Waals surface area contributed by atoms with Crippen LogP contribution < -0.4 is 16.4 Å². The molecule has 2 amide bonds. The predicted octanol–water partition coefficient (Wildman–Crippen LogP) is 0.260. The minimum absolute atomic E-state index is 0.231. The van der Waals surface area contributed by atoms with Gasteiger partial charge in [-0.1, -0.05) is 30.3 Å². The molecule has 1 aromatic carbocycles. The Morgan fingerprint density at radius 1 is 1.16 bits per heavy atom. The van der Waals surface area contributed by atoms with Crippen LogP contribution in [0.4, 0.5) is 10.6 Å². The average molecular weight is 460 g/mol. The number of carbonyl (C=O) groups is 1. The Kier molecular flexibility index (Phi) is 7.05. The first-order chi connectivity index (χ1) is 15.5. The highest BCUT2D eigenvalue weighted by Gasteiger charge is 2.44. The number of anilines is 1. The number of urea groups is 1. The summed E-state index contributed by atoms with van der Waals surface area (Å²) in [6, 6.07) is 9.42. The van der Waals surface area contributed by atoms with Gasteiger partial charge in [0.05, 0.1) is 12.4 Å². The number of nitrogens with one attached hydrogen (secondary N) is 2. The summed E-state index contributed by atoms with van der Waals surface area (Å²) in [5.41, 5.74) is 7.66. The molecule has 3 heterocycles. The lowest BCUT2D eigenvalue weighted by atomic mass is 10.1. The monoisotopic (exact) mass is 459 g/mol. The molecule has 2 aromatic heterocycles. The van der Waals surface area contributed by atoms with Crippen LogP contribution >= 0.6 is 11.8 Å². The number of nitrogen functional groups attached to an aromatic ring is 1. The zero-order valence-electron chi connectivity index (χ0n) is 17.2. The first-order valence-corrected chi connectivity index (χ1v) is 11.3. The second-order valence-corrected chi connectivity index (χ2v) is 8.45. The molecule has 1 aliphatic rings. The first kappa shape index (κ1) is 22.3. The van der Waals surface area contributed by atoms with Crippen LogP contribution in [-0.2, 0) is 11.3 Å². The third-order valence-corrected chi connectivity index (χ3v) is 6.17. The predicted molar refractivity (Wildman–Crippen MR) is 120 cm³/mol. The maximum Gasteiger partial charge on any atom is 0.315 e. The third kappa shape index (κ3) is 4.93. The van der Waals surface area contributed by atoms with Crippen molar-refractivity contribution in [3.8, 4) is 0 Å². The SMILES string of the molecule is Nc1ncnc2c1ncn2[C@@H]1O[C@H](CSCCNC(=O)NCc2ccccc2)[C@@H](O)[C@H]1O.